The summed E-state index contributed by atoms with van der Waals surface area (Å²) in [5, 5.41) is 0. The standard InChI is InChI=1S/C25H26N2O7/c1-32-19-12-16(13-20(33-2)22(19)34-3)21(28)25(31)27-17-10-7-11-18(27)24(30)26(23(17)29)14-15-8-5-4-6-9-15/h4-6,8-9,12-13,17-18H,7,10-11,14H2,1-3H3. The van der Waals surface area contributed by atoms with E-state index in [-0.39, 0.29) is 29.4 Å². The number of nitrogens with zero attached hydrogens (tertiary/aromatic N) is 2. The Morgan fingerprint density at radius 3 is 1.94 bits per heavy atom. The first-order chi connectivity index (χ1) is 16.4. The molecule has 34 heavy (non-hydrogen) atoms. The maximum atomic E-state index is 13.4. The van der Waals surface area contributed by atoms with Crippen molar-refractivity contribution in [2.45, 2.75) is 37.9 Å². The van der Waals surface area contributed by atoms with Gasteiger partial charge >= 0.3 is 0 Å². The van der Waals surface area contributed by atoms with Crippen molar-refractivity contribution < 1.29 is 33.4 Å². The smallest absolute Gasteiger partial charge is 0.296 e. The molecule has 9 heteroatoms. The van der Waals surface area contributed by atoms with Gasteiger partial charge in [-0.2, -0.15) is 0 Å². The molecular weight excluding hydrogens is 440 g/mol. The highest BCUT2D eigenvalue weighted by molar-refractivity contribution is 6.43. The Hall–Kier alpha value is -3.88. The summed E-state index contributed by atoms with van der Waals surface area (Å²) in [5.41, 5.74) is 0.833. The summed E-state index contributed by atoms with van der Waals surface area (Å²) < 4.78 is 15.8. The summed E-state index contributed by atoms with van der Waals surface area (Å²) in [4.78, 5) is 55.5. The molecule has 0 radical (unpaired) electrons. The Labute approximate surface area is 197 Å². The third kappa shape index (κ3) is 3.98. The van der Waals surface area contributed by atoms with E-state index in [1.165, 1.54) is 43.3 Å². The lowest BCUT2D eigenvalue weighted by Crippen LogP contribution is -2.68. The summed E-state index contributed by atoms with van der Waals surface area (Å²) in [5.74, 6) is -1.95. The van der Waals surface area contributed by atoms with E-state index < -0.39 is 35.6 Å². The van der Waals surface area contributed by atoms with Crippen LogP contribution in [0.2, 0.25) is 0 Å². The van der Waals surface area contributed by atoms with Crippen molar-refractivity contribution in [2.75, 3.05) is 21.3 Å². The molecule has 0 spiro atoms. The molecule has 2 aromatic rings. The number of amides is 3. The van der Waals surface area contributed by atoms with Crippen molar-refractivity contribution in [3.05, 3.63) is 53.6 Å². The molecule has 2 aromatic carbocycles. The monoisotopic (exact) mass is 466 g/mol. The normalized spacial score (nSPS) is 19.6. The Balaban J connectivity index is 1.63. The van der Waals surface area contributed by atoms with Gasteiger partial charge in [0.05, 0.1) is 27.9 Å². The summed E-state index contributed by atoms with van der Waals surface area (Å²) in [7, 11) is 4.24. The molecule has 2 unspecified atom stereocenters. The number of rotatable bonds is 7. The third-order valence-electron chi connectivity index (χ3n) is 6.27. The molecule has 0 aromatic heterocycles. The molecular formula is C25H26N2O7. The van der Waals surface area contributed by atoms with Gasteiger partial charge in [0.2, 0.25) is 5.75 Å². The van der Waals surface area contributed by atoms with Crippen LogP contribution in [0.4, 0.5) is 0 Å². The maximum absolute atomic E-state index is 13.4. The number of ether oxygens (including phenoxy) is 3. The molecule has 3 amide bonds. The number of ketones is 1. The number of imide groups is 1. The van der Waals surface area contributed by atoms with Crippen LogP contribution >= 0.6 is 0 Å². The van der Waals surface area contributed by atoms with Crippen LogP contribution in [0.25, 0.3) is 0 Å². The van der Waals surface area contributed by atoms with Gasteiger partial charge in [-0.15, -0.1) is 0 Å². The van der Waals surface area contributed by atoms with E-state index >= 15 is 0 Å². The molecule has 2 heterocycles. The van der Waals surface area contributed by atoms with Crippen molar-refractivity contribution in [1.29, 1.82) is 0 Å². The number of methoxy groups -OCH3 is 3. The van der Waals surface area contributed by atoms with Crippen LogP contribution in [0.3, 0.4) is 0 Å². The third-order valence-corrected chi connectivity index (χ3v) is 6.27. The SMILES string of the molecule is COc1cc(C(=O)C(=O)N2C3CCCC2C(=O)N(Cc2ccccc2)C3=O)cc(OC)c1OC. The minimum atomic E-state index is -0.898. The Bertz CT molecular complexity index is 1080. The van der Waals surface area contributed by atoms with Crippen molar-refractivity contribution in [3.8, 4) is 17.2 Å². The van der Waals surface area contributed by atoms with E-state index in [0.29, 0.717) is 19.3 Å². The highest BCUT2D eigenvalue weighted by atomic mass is 16.5. The maximum Gasteiger partial charge on any atom is 0.296 e. The fourth-order valence-electron chi connectivity index (χ4n) is 4.61. The lowest BCUT2D eigenvalue weighted by atomic mass is 9.88. The first kappa shape index (κ1) is 23.3. The molecule has 178 valence electrons. The predicted molar refractivity (Wildman–Crippen MR) is 121 cm³/mol. The molecule has 2 aliphatic rings. The number of hydrogen-bond acceptors (Lipinski definition) is 7. The minimum Gasteiger partial charge on any atom is -0.493 e. The van der Waals surface area contributed by atoms with Gasteiger partial charge in [-0.05, 0) is 37.0 Å². The van der Waals surface area contributed by atoms with Crippen LogP contribution in [0.1, 0.15) is 35.2 Å². The van der Waals surface area contributed by atoms with Crippen molar-refractivity contribution in [2.24, 2.45) is 0 Å². The van der Waals surface area contributed by atoms with Crippen LogP contribution in [-0.4, -0.2) is 66.7 Å². The zero-order valence-electron chi connectivity index (χ0n) is 19.3. The predicted octanol–water partition coefficient (Wildman–Crippen LogP) is 2.21. The molecule has 9 nitrogen and oxygen atoms in total. The molecule has 2 aliphatic heterocycles. The number of hydrogen-bond donors (Lipinski definition) is 0. The summed E-state index contributed by atoms with van der Waals surface area (Å²) in [6, 6.07) is 10.2. The molecule has 0 saturated carbocycles. The molecule has 2 fully saturated rings. The first-order valence-corrected chi connectivity index (χ1v) is 11.0. The van der Waals surface area contributed by atoms with Crippen LogP contribution in [-0.2, 0) is 20.9 Å². The van der Waals surface area contributed by atoms with Crippen molar-refractivity contribution in [3.63, 3.8) is 0 Å². The molecule has 2 atom stereocenters. The highest BCUT2D eigenvalue weighted by Gasteiger charge is 2.51. The fraction of sp³-hybridized carbons (Fsp3) is 0.360. The van der Waals surface area contributed by atoms with Crippen LogP contribution in [0.15, 0.2) is 42.5 Å². The van der Waals surface area contributed by atoms with Gasteiger partial charge in [-0.1, -0.05) is 30.3 Å². The molecule has 4 rings (SSSR count). The summed E-state index contributed by atoms with van der Waals surface area (Å²) in [6.07, 6.45) is 1.40. The van der Waals surface area contributed by atoms with Gasteiger partial charge < -0.3 is 19.1 Å². The van der Waals surface area contributed by atoms with E-state index in [4.69, 9.17) is 14.2 Å². The van der Waals surface area contributed by atoms with Gasteiger partial charge in [0.25, 0.3) is 23.5 Å². The zero-order chi connectivity index (χ0) is 24.4. The van der Waals surface area contributed by atoms with E-state index in [9.17, 15) is 19.2 Å². The lowest BCUT2D eigenvalue weighted by molar-refractivity contribution is -0.169. The lowest BCUT2D eigenvalue weighted by Gasteiger charge is -2.47. The highest BCUT2D eigenvalue weighted by Crippen LogP contribution is 2.39. The number of piperazine rings is 1. The van der Waals surface area contributed by atoms with Crippen LogP contribution in [0, 0.1) is 0 Å². The Morgan fingerprint density at radius 2 is 1.44 bits per heavy atom. The van der Waals surface area contributed by atoms with Gasteiger partial charge in [-0.3, -0.25) is 24.1 Å². The fourth-order valence-corrected chi connectivity index (χ4v) is 4.61. The molecule has 0 aliphatic carbocycles. The van der Waals surface area contributed by atoms with Crippen LogP contribution < -0.4 is 14.2 Å². The second-order valence-electron chi connectivity index (χ2n) is 8.17. The number of benzene rings is 2. The topological polar surface area (TPSA) is 102 Å². The summed E-state index contributed by atoms with van der Waals surface area (Å²) >= 11 is 0. The quantitative estimate of drug-likeness (QED) is 0.350. The van der Waals surface area contributed by atoms with Crippen molar-refractivity contribution >= 4 is 23.5 Å². The number of likely N-dealkylation sites (tertiary alicyclic amines) is 1. The van der Waals surface area contributed by atoms with E-state index in [1.807, 2.05) is 30.3 Å². The number of piperidine rings is 1. The second kappa shape index (κ2) is 9.54. The Morgan fingerprint density at radius 1 is 0.882 bits per heavy atom. The van der Waals surface area contributed by atoms with Gasteiger partial charge in [0.15, 0.2) is 11.5 Å². The van der Waals surface area contributed by atoms with E-state index in [0.717, 1.165) is 5.56 Å². The van der Waals surface area contributed by atoms with Crippen molar-refractivity contribution in [1.82, 2.24) is 9.80 Å². The van der Waals surface area contributed by atoms with E-state index in [1.54, 1.807) is 0 Å². The average molecular weight is 466 g/mol. The number of Topliss-reactive ketones (excluding diaryl/α,β-unsaturated/α-hetero) is 1. The Kier molecular flexibility index (Phi) is 6.54. The van der Waals surface area contributed by atoms with Gasteiger partial charge in [0, 0.05) is 5.56 Å². The number of carbonyl (C=O) groups is 4. The minimum absolute atomic E-state index is 0.0178. The second-order valence-corrected chi connectivity index (χ2v) is 8.17. The van der Waals surface area contributed by atoms with Gasteiger partial charge in [0.1, 0.15) is 12.1 Å². The van der Waals surface area contributed by atoms with Crippen LogP contribution in [0.5, 0.6) is 17.2 Å². The largest absolute Gasteiger partial charge is 0.493 e. The first-order valence-electron chi connectivity index (χ1n) is 11.0. The number of carbonyl (C=O) groups excluding carboxylic acids is 4. The van der Waals surface area contributed by atoms with E-state index in [2.05, 4.69) is 0 Å². The molecule has 2 bridgehead atoms. The van der Waals surface area contributed by atoms with Gasteiger partial charge in [-0.25, -0.2) is 0 Å². The molecule has 2 saturated heterocycles. The average Bonchev–Trinajstić information content (AvgIpc) is 2.88. The number of fused-ring (bicyclic) bond motifs is 2. The molecule has 0 N–H and O–H groups in total. The zero-order valence-corrected chi connectivity index (χ0v) is 19.3. The summed E-state index contributed by atoms with van der Waals surface area (Å²) in [6.45, 7) is 0.133.